The van der Waals surface area contributed by atoms with Gasteiger partial charge in [-0.3, -0.25) is 16.3 Å². The Morgan fingerprint density at radius 1 is 1.47 bits per heavy atom. The largest absolute Gasteiger partial charge is 0.271 e. The van der Waals surface area contributed by atoms with Crippen LogP contribution < -0.4 is 11.3 Å². The van der Waals surface area contributed by atoms with Crippen LogP contribution in [0.3, 0.4) is 0 Å². The molecule has 0 bridgehead atoms. The third-order valence-electron chi connectivity index (χ3n) is 2.53. The van der Waals surface area contributed by atoms with Gasteiger partial charge in [0.2, 0.25) is 0 Å². The van der Waals surface area contributed by atoms with Gasteiger partial charge in [-0.1, -0.05) is 6.07 Å². The third kappa shape index (κ3) is 3.35. The number of nitrogens with zero attached hydrogens (tertiary/aromatic N) is 1. The van der Waals surface area contributed by atoms with Crippen molar-refractivity contribution in [1.82, 2.24) is 10.4 Å². The molecule has 0 aliphatic heterocycles. The van der Waals surface area contributed by atoms with Crippen molar-refractivity contribution in [2.45, 2.75) is 19.4 Å². The highest BCUT2D eigenvalue weighted by Crippen LogP contribution is 2.25. The average Bonchev–Trinajstić information content (AvgIpc) is 2.72. The molecule has 3 N–H and O–H groups in total. The van der Waals surface area contributed by atoms with Crippen molar-refractivity contribution >= 4 is 27.3 Å². The highest BCUT2D eigenvalue weighted by atomic mass is 79.9. The molecule has 5 heteroatoms. The minimum absolute atomic E-state index is 0.105. The van der Waals surface area contributed by atoms with Gasteiger partial charge in [-0.25, -0.2) is 0 Å². The number of aryl methyl sites for hydroxylation is 1. The lowest BCUT2D eigenvalue weighted by atomic mass is 10.0. The van der Waals surface area contributed by atoms with Gasteiger partial charge in [0.1, 0.15) is 0 Å². The Kier molecular flexibility index (Phi) is 4.28. The molecule has 1 atom stereocenters. The van der Waals surface area contributed by atoms with Crippen molar-refractivity contribution in [3.8, 4) is 0 Å². The Morgan fingerprint density at radius 2 is 2.29 bits per heavy atom. The number of aromatic nitrogens is 1. The first-order valence-corrected chi connectivity index (χ1v) is 6.97. The van der Waals surface area contributed by atoms with Crippen LogP contribution in [0.25, 0.3) is 0 Å². The molecule has 1 unspecified atom stereocenters. The molecule has 90 valence electrons. The standard InChI is InChI=1S/C12H14BrN3S/c1-8-2-9(6-15-5-8)12(16-14)4-11-3-10(13)7-17-11/h2-3,5-7,12,16H,4,14H2,1H3. The number of pyridine rings is 1. The van der Waals surface area contributed by atoms with E-state index in [9.17, 15) is 0 Å². The lowest BCUT2D eigenvalue weighted by Gasteiger charge is -2.15. The molecule has 0 fully saturated rings. The predicted molar refractivity (Wildman–Crippen MR) is 74.8 cm³/mol. The molecular formula is C12H14BrN3S. The number of hydrogen-bond acceptors (Lipinski definition) is 4. The molecule has 0 saturated carbocycles. The number of rotatable bonds is 4. The number of nitrogens with one attached hydrogen (secondary N) is 1. The first kappa shape index (κ1) is 12.7. The highest BCUT2D eigenvalue weighted by Gasteiger charge is 2.12. The molecular weight excluding hydrogens is 298 g/mol. The van der Waals surface area contributed by atoms with E-state index in [0.717, 1.165) is 22.0 Å². The van der Waals surface area contributed by atoms with Crippen molar-refractivity contribution in [1.29, 1.82) is 0 Å². The molecule has 2 heterocycles. The van der Waals surface area contributed by atoms with Gasteiger partial charge in [0.25, 0.3) is 0 Å². The number of hydrazine groups is 1. The number of thiophene rings is 1. The second-order valence-electron chi connectivity index (χ2n) is 3.95. The van der Waals surface area contributed by atoms with Crippen molar-refractivity contribution in [3.05, 3.63) is 50.4 Å². The molecule has 17 heavy (non-hydrogen) atoms. The Labute approximate surface area is 113 Å². The van der Waals surface area contributed by atoms with Gasteiger partial charge in [0, 0.05) is 33.5 Å². The summed E-state index contributed by atoms with van der Waals surface area (Å²) in [5, 5.41) is 2.08. The average molecular weight is 312 g/mol. The SMILES string of the molecule is Cc1cncc(C(Cc2cc(Br)cs2)NN)c1. The summed E-state index contributed by atoms with van der Waals surface area (Å²) in [5.74, 6) is 5.62. The fourth-order valence-corrected chi connectivity index (χ4v) is 3.20. The van der Waals surface area contributed by atoms with Gasteiger partial charge < -0.3 is 0 Å². The molecule has 0 aliphatic carbocycles. The topological polar surface area (TPSA) is 50.9 Å². The van der Waals surface area contributed by atoms with Crippen LogP contribution in [0.15, 0.2) is 34.4 Å². The molecule has 3 nitrogen and oxygen atoms in total. The van der Waals surface area contributed by atoms with Gasteiger partial charge in [-0.15, -0.1) is 11.3 Å². The summed E-state index contributed by atoms with van der Waals surface area (Å²) in [6.45, 7) is 2.03. The minimum atomic E-state index is 0.105. The van der Waals surface area contributed by atoms with Crippen LogP contribution in [0.4, 0.5) is 0 Å². The van der Waals surface area contributed by atoms with E-state index in [1.165, 1.54) is 4.88 Å². The summed E-state index contributed by atoms with van der Waals surface area (Å²) < 4.78 is 1.12. The van der Waals surface area contributed by atoms with E-state index in [0.29, 0.717) is 0 Å². The van der Waals surface area contributed by atoms with Crippen molar-refractivity contribution in [2.75, 3.05) is 0 Å². The monoisotopic (exact) mass is 311 g/mol. The van der Waals surface area contributed by atoms with Gasteiger partial charge in [-0.2, -0.15) is 0 Å². The maximum Gasteiger partial charge on any atom is 0.0523 e. The van der Waals surface area contributed by atoms with Crippen LogP contribution >= 0.6 is 27.3 Å². The van der Waals surface area contributed by atoms with Gasteiger partial charge in [0.05, 0.1) is 6.04 Å². The van der Waals surface area contributed by atoms with Crippen molar-refractivity contribution in [2.24, 2.45) is 5.84 Å². The second kappa shape index (κ2) is 5.73. The molecule has 0 spiro atoms. The first-order valence-electron chi connectivity index (χ1n) is 5.29. The van der Waals surface area contributed by atoms with E-state index in [2.05, 4.69) is 43.9 Å². The Hall–Kier alpha value is -0.750. The second-order valence-corrected chi connectivity index (χ2v) is 5.86. The Bertz CT molecular complexity index is 498. The lowest BCUT2D eigenvalue weighted by Crippen LogP contribution is -2.29. The van der Waals surface area contributed by atoms with Crippen molar-refractivity contribution in [3.63, 3.8) is 0 Å². The summed E-state index contributed by atoms with van der Waals surface area (Å²) in [7, 11) is 0. The van der Waals surface area contributed by atoms with E-state index < -0.39 is 0 Å². The fourth-order valence-electron chi connectivity index (χ4n) is 1.70. The summed E-state index contributed by atoms with van der Waals surface area (Å²) >= 11 is 5.19. The summed E-state index contributed by atoms with van der Waals surface area (Å²) in [6, 6.07) is 4.34. The molecule has 2 aromatic heterocycles. The quantitative estimate of drug-likeness (QED) is 0.674. The smallest absolute Gasteiger partial charge is 0.0523 e. The first-order chi connectivity index (χ1) is 8.19. The van der Waals surface area contributed by atoms with Crippen LogP contribution in [-0.4, -0.2) is 4.98 Å². The molecule has 2 rings (SSSR count). The Balaban J connectivity index is 2.16. The fraction of sp³-hybridized carbons (Fsp3) is 0.250. The zero-order valence-corrected chi connectivity index (χ0v) is 11.9. The van der Waals surface area contributed by atoms with Crippen molar-refractivity contribution < 1.29 is 0 Å². The third-order valence-corrected chi connectivity index (χ3v) is 4.25. The van der Waals surface area contributed by atoms with E-state index in [-0.39, 0.29) is 6.04 Å². The van der Waals surface area contributed by atoms with Crippen LogP contribution in [-0.2, 0) is 6.42 Å². The summed E-state index contributed by atoms with van der Waals surface area (Å²) in [4.78, 5) is 5.49. The minimum Gasteiger partial charge on any atom is -0.271 e. The zero-order valence-electron chi connectivity index (χ0n) is 9.48. The Morgan fingerprint density at radius 3 is 2.88 bits per heavy atom. The molecule has 0 aliphatic rings. The number of halogens is 1. The van der Waals surface area contributed by atoms with Crippen LogP contribution in [0, 0.1) is 6.92 Å². The van der Waals surface area contributed by atoms with E-state index in [1.807, 2.05) is 19.3 Å². The highest BCUT2D eigenvalue weighted by molar-refractivity contribution is 9.10. The summed E-state index contributed by atoms with van der Waals surface area (Å²) in [6.07, 6.45) is 4.58. The van der Waals surface area contributed by atoms with E-state index in [1.54, 1.807) is 11.3 Å². The maximum atomic E-state index is 5.62. The van der Waals surface area contributed by atoms with E-state index >= 15 is 0 Å². The van der Waals surface area contributed by atoms with Crippen LogP contribution in [0.2, 0.25) is 0 Å². The molecule has 0 radical (unpaired) electrons. The molecule has 2 aromatic rings. The lowest BCUT2D eigenvalue weighted by molar-refractivity contribution is 0.553. The van der Waals surface area contributed by atoms with E-state index in [4.69, 9.17) is 5.84 Å². The maximum absolute atomic E-state index is 5.62. The number of hydrogen-bond donors (Lipinski definition) is 2. The normalized spacial score (nSPS) is 12.6. The van der Waals surface area contributed by atoms with Gasteiger partial charge >= 0.3 is 0 Å². The molecule has 0 amide bonds. The summed E-state index contributed by atoms with van der Waals surface area (Å²) in [5.41, 5.74) is 5.13. The molecule has 0 aromatic carbocycles. The number of nitrogens with two attached hydrogens (primary N) is 1. The van der Waals surface area contributed by atoms with Gasteiger partial charge in [-0.05, 0) is 40.0 Å². The molecule has 0 saturated heterocycles. The zero-order chi connectivity index (χ0) is 12.3. The van der Waals surface area contributed by atoms with Crippen LogP contribution in [0.1, 0.15) is 22.0 Å². The van der Waals surface area contributed by atoms with Crippen LogP contribution in [0.5, 0.6) is 0 Å². The van der Waals surface area contributed by atoms with Gasteiger partial charge in [0.15, 0.2) is 0 Å². The predicted octanol–water partition coefficient (Wildman–Crippen LogP) is 2.96.